The minimum Gasteiger partial charge on any atom is -0.484 e. The Balaban J connectivity index is 1.45. The van der Waals surface area contributed by atoms with E-state index >= 15 is 0 Å². The second-order valence-corrected chi connectivity index (χ2v) is 8.03. The SMILES string of the molecule is CC(=O)c1ccc(OCC(=O)NCCN2C(=O)SC(=Cc3ccc(Cl)cc3)C2=O)cc1. The van der Waals surface area contributed by atoms with Crippen LogP contribution in [0.4, 0.5) is 4.79 Å². The summed E-state index contributed by atoms with van der Waals surface area (Å²) in [7, 11) is 0. The van der Waals surface area contributed by atoms with Gasteiger partial charge in [-0.05, 0) is 66.7 Å². The Hall–Kier alpha value is -3.10. The van der Waals surface area contributed by atoms with Crippen LogP contribution in [0.25, 0.3) is 6.08 Å². The molecule has 0 bridgehead atoms. The van der Waals surface area contributed by atoms with E-state index in [1.165, 1.54) is 6.92 Å². The summed E-state index contributed by atoms with van der Waals surface area (Å²) in [6, 6.07) is 13.4. The lowest BCUT2D eigenvalue weighted by Crippen LogP contribution is -2.38. The van der Waals surface area contributed by atoms with Gasteiger partial charge in [-0.25, -0.2) is 0 Å². The van der Waals surface area contributed by atoms with E-state index in [9.17, 15) is 19.2 Å². The van der Waals surface area contributed by atoms with Crippen LogP contribution in [0.3, 0.4) is 0 Å². The average molecular weight is 459 g/mol. The van der Waals surface area contributed by atoms with Gasteiger partial charge in [0.1, 0.15) is 5.75 Å². The van der Waals surface area contributed by atoms with Crippen molar-refractivity contribution in [3.05, 3.63) is 69.6 Å². The van der Waals surface area contributed by atoms with Crippen molar-refractivity contribution in [2.75, 3.05) is 19.7 Å². The van der Waals surface area contributed by atoms with E-state index in [-0.39, 0.29) is 36.6 Å². The van der Waals surface area contributed by atoms with Crippen LogP contribution in [-0.4, -0.2) is 47.4 Å². The molecule has 7 nitrogen and oxygen atoms in total. The van der Waals surface area contributed by atoms with Crippen LogP contribution in [0.5, 0.6) is 5.75 Å². The lowest BCUT2D eigenvalue weighted by molar-refractivity contribution is -0.125. The number of hydrogen-bond donors (Lipinski definition) is 1. The van der Waals surface area contributed by atoms with Crippen LogP contribution in [-0.2, 0) is 9.59 Å². The molecular formula is C22H19ClN2O5S. The molecule has 2 aromatic rings. The maximum Gasteiger partial charge on any atom is 0.293 e. The van der Waals surface area contributed by atoms with Gasteiger partial charge in [0, 0.05) is 23.7 Å². The standard InChI is InChI=1S/C22H19ClN2O5S/c1-14(26)16-4-8-18(9-5-16)30-13-20(27)24-10-11-25-21(28)19(31-22(25)29)12-15-2-6-17(23)7-3-15/h2-9,12H,10-11,13H2,1H3,(H,24,27). The van der Waals surface area contributed by atoms with Crippen LogP contribution in [0.2, 0.25) is 5.02 Å². The monoisotopic (exact) mass is 458 g/mol. The fraction of sp³-hybridized carbons (Fsp3) is 0.182. The number of nitrogens with one attached hydrogen (secondary N) is 1. The molecule has 2 aromatic carbocycles. The molecule has 0 aromatic heterocycles. The maximum atomic E-state index is 12.5. The molecule has 1 aliphatic heterocycles. The van der Waals surface area contributed by atoms with Crippen molar-refractivity contribution in [3.63, 3.8) is 0 Å². The number of thioether (sulfide) groups is 1. The van der Waals surface area contributed by atoms with Crippen molar-refractivity contribution < 1.29 is 23.9 Å². The number of imide groups is 1. The highest BCUT2D eigenvalue weighted by Gasteiger charge is 2.34. The van der Waals surface area contributed by atoms with Crippen LogP contribution in [0, 0.1) is 0 Å². The first kappa shape index (κ1) is 22.6. The molecule has 0 unspecified atom stereocenters. The van der Waals surface area contributed by atoms with E-state index in [1.807, 2.05) is 0 Å². The lowest BCUT2D eigenvalue weighted by atomic mass is 10.1. The van der Waals surface area contributed by atoms with Gasteiger partial charge in [-0.15, -0.1) is 0 Å². The Morgan fingerprint density at radius 2 is 1.77 bits per heavy atom. The van der Waals surface area contributed by atoms with Crippen LogP contribution in [0.1, 0.15) is 22.8 Å². The fourth-order valence-electron chi connectivity index (χ4n) is 2.70. The first-order chi connectivity index (χ1) is 14.8. The van der Waals surface area contributed by atoms with Gasteiger partial charge in [0.15, 0.2) is 12.4 Å². The quantitative estimate of drug-likeness (QED) is 0.478. The molecule has 1 aliphatic rings. The highest BCUT2D eigenvalue weighted by atomic mass is 35.5. The maximum absolute atomic E-state index is 12.5. The van der Waals surface area contributed by atoms with E-state index in [0.717, 1.165) is 22.2 Å². The summed E-state index contributed by atoms with van der Waals surface area (Å²) in [5, 5.41) is 2.81. The third-order valence-electron chi connectivity index (χ3n) is 4.33. The molecule has 0 spiro atoms. The van der Waals surface area contributed by atoms with E-state index in [0.29, 0.717) is 21.2 Å². The van der Waals surface area contributed by atoms with Crippen molar-refractivity contribution in [3.8, 4) is 5.75 Å². The van der Waals surface area contributed by atoms with Gasteiger partial charge in [-0.2, -0.15) is 0 Å². The number of hydrogen-bond acceptors (Lipinski definition) is 6. The van der Waals surface area contributed by atoms with Gasteiger partial charge in [0.2, 0.25) is 0 Å². The predicted octanol–water partition coefficient (Wildman–Crippen LogP) is 3.77. The Bertz CT molecular complexity index is 1030. The molecule has 0 atom stereocenters. The molecule has 31 heavy (non-hydrogen) atoms. The van der Waals surface area contributed by atoms with Crippen LogP contribution >= 0.6 is 23.4 Å². The van der Waals surface area contributed by atoms with Gasteiger partial charge >= 0.3 is 0 Å². The van der Waals surface area contributed by atoms with E-state index in [2.05, 4.69) is 5.32 Å². The molecule has 1 fully saturated rings. The summed E-state index contributed by atoms with van der Waals surface area (Å²) in [5.41, 5.74) is 1.32. The molecule has 160 valence electrons. The fourth-order valence-corrected chi connectivity index (χ4v) is 3.69. The molecular weight excluding hydrogens is 440 g/mol. The first-order valence-corrected chi connectivity index (χ1v) is 10.5. The van der Waals surface area contributed by atoms with E-state index in [4.69, 9.17) is 16.3 Å². The van der Waals surface area contributed by atoms with Crippen LogP contribution in [0.15, 0.2) is 53.4 Å². The van der Waals surface area contributed by atoms with Crippen molar-refractivity contribution >= 4 is 52.3 Å². The van der Waals surface area contributed by atoms with Crippen molar-refractivity contribution in [2.24, 2.45) is 0 Å². The van der Waals surface area contributed by atoms with Gasteiger partial charge in [-0.1, -0.05) is 23.7 Å². The third kappa shape index (κ3) is 6.19. The van der Waals surface area contributed by atoms with E-state index in [1.54, 1.807) is 54.6 Å². The zero-order chi connectivity index (χ0) is 22.4. The zero-order valence-electron chi connectivity index (χ0n) is 16.6. The number of halogens is 1. The largest absolute Gasteiger partial charge is 0.484 e. The van der Waals surface area contributed by atoms with Gasteiger partial charge in [-0.3, -0.25) is 24.1 Å². The first-order valence-electron chi connectivity index (χ1n) is 9.35. The normalized spacial score (nSPS) is 14.8. The second-order valence-electron chi connectivity index (χ2n) is 6.60. The van der Waals surface area contributed by atoms with Gasteiger partial charge in [0.05, 0.1) is 4.91 Å². The van der Waals surface area contributed by atoms with Crippen LogP contribution < -0.4 is 10.1 Å². The topological polar surface area (TPSA) is 92.8 Å². The number of rotatable bonds is 8. The molecule has 1 heterocycles. The Labute approximate surface area is 188 Å². The van der Waals surface area contributed by atoms with Gasteiger partial charge < -0.3 is 10.1 Å². The number of carbonyl (C=O) groups is 4. The Morgan fingerprint density at radius 1 is 1.10 bits per heavy atom. The predicted molar refractivity (Wildman–Crippen MR) is 119 cm³/mol. The zero-order valence-corrected chi connectivity index (χ0v) is 18.2. The second kappa shape index (κ2) is 10.3. The Kier molecular flexibility index (Phi) is 7.49. The molecule has 0 radical (unpaired) electrons. The minimum absolute atomic E-state index is 0.0559. The lowest BCUT2D eigenvalue weighted by Gasteiger charge is -2.13. The van der Waals surface area contributed by atoms with Crippen molar-refractivity contribution in [1.29, 1.82) is 0 Å². The number of ketones is 1. The Morgan fingerprint density at radius 3 is 2.42 bits per heavy atom. The number of Topliss-reactive ketones (excluding diaryl/α,β-unsaturated/α-hetero) is 1. The molecule has 0 aliphatic carbocycles. The summed E-state index contributed by atoms with van der Waals surface area (Å²) < 4.78 is 5.37. The van der Waals surface area contributed by atoms with Crippen molar-refractivity contribution in [2.45, 2.75) is 6.92 Å². The number of nitrogens with zero attached hydrogens (tertiary/aromatic N) is 1. The highest BCUT2D eigenvalue weighted by Crippen LogP contribution is 2.32. The third-order valence-corrected chi connectivity index (χ3v) is 5.49. The number of benzene rings is 2. The number of amides is 3. The van der Waals surface area contributed by atoms with Gasteiger partial charge in [0.25, 0.3) is 17.1 Å². The summed E-state index contributed by atoms with van der Waals surface area (Å²) in [6.45, 7) is 1.41. The molecule has 3 amide bonds. The minimum atomic E-state index is -0.402. The smallest absolute Gasteiger partial charge is 0.293 e. The highest BCUT2D eigenvalue weighted by molar-refractivity contribution is 8.18. The molecule has 3 rings (SSSR count). The summed E-state index contributed by atoms with van der Waals surface area (Å²) >= 11 is 6.70. The summed E-state index contributed by atoms with van der Waals surface area (Å²) in [6.07, 6.45) is 1.63. The van der Waals surface area contributed by atoms with E-state index < -0.39 is 5.91 Å². The molecule has 1 saturated heterocycles. The number of ether oxygens (including phenoxy) is 1. The van der Waals surface area contributed by atoms with Crippen molar-refractivity contribution in [1.82, 2.24) is 10.2 Å². The number of carbonyl (C=O) groups excluding carboxylic acids is 4. The molecule has 1 N–H and O–H groups in total. The summed E-state index contributed by atoms with van der Waals surface area (Å²) in [5.74, 6) is -0.390. The molecule has 0 saturated carbocycles. The molecule has 9 heteroatoms. The summed E-state index contributed by atoms with van der Waals surface area (Å²) in [4.78, 5) is 49.2. The average Bonchev–Trinajstić information content (AvgIpc) is 3.01.